The van der Waals surface area contributed by atoms with Gasteiger partial charge in [-0.2, -0.15) is 0 Å². The minimum Gasteiger partial charge on any atom is -0.369 e. The van der Waals surface area contributed by atoms with Crippen molar-refractivity contribution >= 4 is 57.1 Å². The van der Waals surface area contributed by atoms with E-state index in [1.807, 2.05) is 13.0 Å². The second-order valence-corrected chi connectivity index (χ2v) is 8.97. The molecule has 1 atom stereocenters. The van der Waals surface area contributed by atoms with Crippen LogP contribution in [-0.2, 0) is 6.42 Å². The summed E-state index contributed by atoms with van der Waals surface area (Å²) in [4.78, 5) is 34.8. The van der Waals surface area contributed by atoms with Crippen molar-refractivity contribution < 1.29 is 0 Å². The number of halogens is 1. The molecular formula is C20H21ClN8OS. The molecule has 3 aromatic heterocycles. The largest absolute Gasteiger partial charge is 0.369 e. The van der Waals surface area contributed by atoms with E-state index < -0.39 is 0 Å². The Balaban J connectivity index is 1.60. The average Bonchev–Trinajstić information content (AvgIpc) is 3.31. The highest BCUT2D eigenvalue weighted by atomic mass is 35.5. The van der Waals surface area contributed by atoms with Crippen LogP contribution in [0.1, 0.15) is 19.0 Å². The van der Waals surface area contributed by atoms with Crippen LogP contribution in [0.15, 0.2) is 33.0 Å². The molecule has 160 valence electrons. The Hall–Kier alpha value is -2.82. The third kappa shape index (κ3) is 3.60. The number of aryl methyl sites for hydroxylation is 1. The van der Waals surface area contributed by atoms with E-state index in [0.717, 1.165) is 47.7 Å². The van der Waals surface area contributed by atoms with Crippen LogP contribution >= 0.6 is 23.4 Å². The molecule has 1 saturated heterocycles. The van der Waals surface area contributed by atoms with Crippen LogP contribution in [0.5, 0.6) is 0 Å². The maximum Gasteiger partial charge on any atom is 0.260 e. The summed E-state index contributed by atoms with van der Waals surface area (Å²) in [6.45, 7) is 3.58. The SMILES string of the molecule is CCc1[nH]c2nc(Sc3ccc4nc(N)[nH]c(=O)c4c3)nc(N3CC[C@H](N)C3)c2c1Cl. The van der Waals surface area contributed by atoms with Crippen molar-refractivity contribution in [1.29, 1.82) is 0 Å². The van der Waals surface area contributed by atoms with E-state index in [1.165, 1.54) is 11.8 Å². The van der Waals surface area contributed by atoms with E-state index in [2.05, 4.69) is 19.9 Å². The lowest BCUT2D eigenvalue weighted by Crippen LogP contribution is -2.27. The van der Waals surface area contributed by atoms with Gasteiger partial charge in [-0.05, 0) is 42.8 Å². The van der Waals surface area contributed by atoms with E-state index in [0.29, 0.717) is 26.7 Å². The summed E-state index contributed by atoms with van der Waals surface area (Å²) in [7, 11) is 0. The minimum absolute atomic E-state index is 0.0931. The summed E-state index contributed by atoms with van der Waals surface area (Å²) in [6.07, 6.45) is 1.67. The fourth-order valence-electron chi connectivity index (χ4n) is 3.87. The van der Waals surface area contributed by atoms with E-state index in [1.54, 1.807) is 12.1 Å². The van der Waals surface area contributed by atoms with Gasteiger partial charge in [-0.1, -0.05) is 18.5 Å². The fourth-order valence-corrected chi connectivity index (χ4v) is 5.02. The molecule has 4 aromatic rings. The van der Waals surface area contributed by atoms with Gasteiger partial charge in [0.2, 0.25) is 5.95 Å². The molecule has 6 N–H and O–H groups in total. The second kappa shape index (κ2) is 7.70. The quantitative estimate of drug-likeness (QED) is 0.343. The molecule has 1 aromatic carbocycles. The number of nitrogens with zero attached hydrogens (tertiary/aromatic N) is 4. The highest BCUT2D eigenvalue weighted by Crippen LogP contribution is 2.37. The van der Waals surface area contributed by atoms with Gasteiger partial charge in [0.15, 0.2) is 5.16 Å². The lowest BCUT2D eigenvalue weighted by atomic mass is 10.2. The smallest absolute Gasteiger partial charge is 0.260 e. The summed E-state index contributed by atoms with van der Waals surface area (Å²) in [5, 5.41) is 2.50. The van der Waals surface area contributed by atoms with Crippen molar-refractivity contribution in [2.24, 2.45) is 5.73 Å². The Morgan fingerprint density at radius 2 is 2.13 bits per heavy atom. The number of aromatic amines is 2. The molecule has 9 nitrogen and oxygen atoms in total. The Labute approximate surface area is 186 Å². The van der Waals surface area contributed by atoms with Gasteiger partial charge in [0.25, 0.3) is 5.56 Å². The summed E-state index contributed by atoms with van der Waals surface area (Å²) in [6, 6.07) is 5.51. The predicted molar refractivity (Wildman–Crippen MR) is 124 cm³/mol. The summed E-state index contributed by atoms with van der Waals surface area (Å²) in [5.41, 5.74) is 13.7. The first-order valence-electron chi connectivity index (χ1n) is 9.99. The number of anilines is 2. The van der Waals surface area contributed by atoms with Crippen molar-refractivity contribution in [2.75, 3.05) is 23.7 Å². The van der Waals surface area contributed by atoms with E-state index >= 15 is 0 Å². The molecule has 5 rings (SSSR count). The number of hydrogen-bond acceptors (Lipinski definition) is 8. The zero-order valence-corrected chi connectivity index (χ0v) is 18.3. The maximum absolute atomic E-state index is 12.3. The number of nitrogen functional groups attached to an aromatic ring is 1. The first kappa shape index (κ1) is 20.1. The summed E-state index contributed by atoms with van der Waals surface area (Å²) >= 11 is 8.03. The molecular weight excluding hydrogens is 436 g/mol. The molecule has 1 aliphatic heterocycles. The number of H-pyrrole nitrogens is 2. The Morgan fingerprint density at radius 3 is 2.87 bits per heavy atom. The average molecular weight is 457 g/mol. The van der Waals surface area contributed by atoms with Crippen molar-refractivity contribution in [1.82, 2.24) is 24.9 Å². The highest BCUT2D eigenvalue weighted by molar-refractivity contribution is 7.99. The molecule has 0 unspecified atom stereocenters. The van der Waals surface area contributed by atoms with Gasteiger partial charge in [-0.3, -0.25) is 9.78 Å². The number of nitrogens with two attached hydrogens (primary N) is 2. The third-order valence-electron chi connectivity index (χ3n) is 5.41. The van der Waals surface area contributed by atoms with Crippen LogP contribution in [0, 0.1) is 0 Å². The summed E-state index contributed by atoms with van der Waals surface area (Å²) in [5.74, 6) is 0.880. The van der Waals surface area contributed by atoms with Crippen LogP contribution in [0.4, 0.5) is 11.8 Å². The van der Waals surface area contributed by atoms with Crippen LogP contribution in [0.25, 0.3) is 21.9 Å². The van der Waals surface area contributed by atoms with E-state index in [4.69, 9.17) is 33.0 Å². The molecule has 31 heavy (non-hydrogen) atoms. The molecule has 0 spiro atoms. The van der Waals surface area contributed by atoms with E-state index in [-0.39, 0.29) is 17.5 Å². The van der Waals surface area contributed by atoms with Crippen LogP contribution in [-0.4, -0.2) is 44.1 Å². The number of aromatic nitrogens is 5. The van der Waals surface area contributed by atoms with Gasteiger partial charge < -0.3 is 21.4 Å². The number of hydrogen-bond donors (Lipinski definition) is 4. The summed E-state index contributed by atoms with van der Waals surface area (Å²) < 4.78 is 0. The Morgan fingerprint density at radius 1 is 1.29 bits per heavy atom. The number of benzene rings is 1. The lowest BCUT2D eigenvalue weighted by molar-refractivity contribution is 0.751. The number of fused-ring (bicyclic) bond motifs is 2. The topological polar surface area (TPSA) is 143 Å². The Bertz CT molecular complexity index is 1370. The number of rotatable bonds is 4. The normalized spacial score (nSPS) is 16.6. The molecule has 0 radical (unpaired) electrons. The van der Waals surface area contributed by atoms with Gasteiger partial charge in [-0.15, -0.1) is 0 Å². The maximum atomic E-state index is 12.3. The molecule has 0 aliphatic carbocycles. The Kier molecular flexibility index (Phi) is 4.99. The molecule has 0 saturated carbocycles. The molecule has 0 amide bonds. The molecule has 4 heterocycles. The van der Waals surface area contributed by atoms with Gasteiger partial charge in [-0.25, -0.2) is 15.0 Å². The van der Waals surface area contributed by atoms with Gasteiger partial charge in [0.1, 0.15) is 11.5 Å². The van der Waals surface area contributed by atoms with Gasteiger partial charge in [0.05, 0.1) is 21.3 Å². The highest BCUT2D eigenvalue weighted by Gasteiger charge is 2.26. The molecule has 11 heteroatoms. The van der Waals surface area contributed by atoms with Gasteiger partial charge >= 0.3 is 0 Å². The van der Waals surface area contributed by atoms with Crippen molar-refractivity contribution in [2.45, 2.75) is 35.9 Å². The van der Waals surface area contributed by atoms with Crippen LogP contribution in [0.2, 0.25) is 5.02 Å². The van der Waals surface area contributed by atoms with Crippen molar-refractivity contribution in [3.05, 3.63) is 39.3 Å². The standard InChI is InChI=1S/C20H21ClN8OS/c1-2-12-15(21)14-16(24-12)26-20(27-17(14)29-6-5-9(22)8-29)31-10-3-4-13-11(7-10)18(30)28-19(23)25-13/h3-4,7,9H,2,5-6,8,22H2,1H3,(H,24,26,27)(H3,23,25,28,30)/t9-/m0/s1. The van der Waals surface area contributed by atoms with Gasteiger partial charge in [0, 0.05) is 29.7 Å². The fraction of sp³-hybridized carbons (Fsp3) is 0.300. The van der Waals surface area contributed by atoms with Crippen molar-refractivity contribution in [3.8, 4) is 0 Å². The first-order chi connectivity index (χ1) is 14.9. The predicted octanol–water partition coefficient (Wildman–Crippen LogP) is 2.68. The minimum atomic E-state index is -0.281. The monoisotopic (exact) mass is 456 g/mol. The van der Waals surface area contributed by atoms with Crippen LogP contribution in [0.3, 0.4) is 0 Å². The second-order valence-electron chi connectivity index (χ2n) is 7.55. The zero-order valence-electron chi connectivity index (χ0n) is 16.8. The van der Waals surface area contributed by atoms with Crippen molar-refractivity contribution in [3.63, 3.8) is 0 Å². The molecule has 1 aliphatic rings. The van der Waals surface area contributed by atoms with E-state index in [9.17, 15) is 4.79 Å². The first-order valence-corrected chi connectivity index (χ1v) is 11.2. The lowest BCUT2D eigenvalue weighted by Gasteiger charge is -2.18. The zero-order chi connectivity index (χ0) is 21.7. The van der Waals surface area contributed by atoms with Crippen LogP contribution < -0.4 is 21.9 Å². The third-order valence-corrected chi connectivity index (χ3v) is 6.68. The molecule has 0 bridgehead atoms. The number of nitrogens with one attached hydrogen (secondary N) is 2. The molecule has 1 fully saturated rings.